The topological polar surface area (TPSA) is 81.5 Å². The van der Waals surface area contributed by atoms with Gasteiger partial charge in [-0.05, 0) is 18.4 Å². The normalized spacial score (nSPS) is 10.4. The van der Waals surface area contributed by atoms with Gasteiger partial charge in [0.05, 0.1) is 11.0 Å². The summed E-state index contributed by atoms with van der Waals surface area (Å²) in [4.78, 5) is 21.2. The average Bonchev–Trinajstić information content (AvgIpc) is 2.36. The van der Waals surface area contributed by atoms with Gasteiger partial charge in [-0.15, -0.1) is 0 Å². The van der Waals surface area contributed by atoms with E-state index < -0.39 is 10.7 Å². The summed E-state index contributed by atoms with van der Waals surface area (Å²) in [5.74, 6) is -0.935. The number of amides is 1. The van der Waals surface area contributed by atoms with E-state index in [9.17, 15) is 19.3 Å². The second kappa shape index (κ2) is 7.42. The van der Waals surface area contributed by atoms with Gasteiger partial charge in [-0.3, -0.25) is 14.9 Å². The van der Waals surface area contributed by atoms with Crippen LogP contribution >= 0.6 is 0 Å². The lowest BCUT2D eigenvalue weighted by atomic mass is 10.1. The van der Waals surface area contributed by atoms with Crippen molar-refractivity contribution in [2.45, 2.75) is 20.3 Å². The van der Waals surface area contributed by atoms with Crippen LogP contribution in [0.3, 0.4) is 0 Å². The fourth-order valence-corrected chi connectivity index (χ4v) is 1.41. The molecule has 20 heavy (non-hydrogen) atoms. The number of carbonyl (C=O) groups excluding carboxylic acids is 1. The highest BCUT2D eigenvalue weighted by molar-refractivity contribution is 5.77. The van der Waals surface area contributed by atoms with Crippen LogP contribution in [0.2, 0.25) is 0 Å². The quantitative estimate of drug-likeness (QED) is 0.615. The largest absolute Gasteiger partial charge is 0.481 e. The first-order valence-corrected chi connectivity index (χ1v) is 6.23. The van der Waals surface area contributed by atoms with E-state index in [1.807, 2.05) is 13.8 Å². The standard InChI is InChI=1S/C13H17FN2O4/c1-9(2)5-6-15-13(17)8-20-12-4-3-10(16(18)19)7-11(12)14/h3-4,7,9H,5-6,8H2,1-2H3,(H,15,17). The van der Waals surface area contributed by atoms with Crippen LogP contribution in [0.1, 0.15) is 20.3 Å². The number of ether oxygens (including phenoxy) is 1. The highest BCUT2D eigenvalue weighted by Gasteiger charge is 2.12. The number of hydrogen-bond donors (Lipinski definition) is 1. The van der Waals surface area contributed by atoms with E-state index in [4.69, 9.17) is 4.74 Å². The number of nitrogens with zero attached hydrogens (tertiary/aromatic N) is 1. The molecule has 0 unspecified atom stereocenters. The third-order valence-electron chi connectivity index (χ3n) is 2.53. The number of nitro benzene ring substituents is 1. The predicted molar refractivity (Wildman–Crippen MR) is 71.0 cm³/mol. The molecule has 6 nitrogen and oxygen atoms in total. The first kappa shape index (κ1) is 15.9. The minimum Gasteiger partial charge on any atom is -0.481 e. The van der Waals surface area contributed by atoms with Gasteiger partial charge in [0.15, 0.2) is 18.2 Å². The number of nitro groups is 1. The van der Waals surface area contributed by atoms with Gasteiger partial charge in [0, 0.05) is 12.6 Å². The van der Waals surface area contributed by atoms with Crippen molar-refractivity contribution in [3.05, 3.63) is 34.1 Å². The fraction of sp³-hybridized carbons (Fsp3) is 0.462. The monoisotopic (exact) mass is 284 g/mol. The molecule has 0 radical (unpaired) electrons. The number of nitrogens with one attached hydrogen (secondary N) is 1. The molecular weight excluding hydrogens is 267 g/mol. The Labute approximate surface area is 116 Å². The number of halogens is 1. The molecule has 1 rings (SSSR count). The third-order valence-corrected chi connectivity index (χ3v) is 2.53. The van der Waals surface area contributed by atoms with Crippen LogP contribution in [0.15, 0.2) is 18.2 Å². The third kappa shape index (κ3) is 5.21. The summed E-state index contributed by atoms with van der Waals surface area (Å²) < 4.78 is 18.4. The van der Waals surface area contributed by atoms with Gasteiger partial charge in [-0.2, -0.15) is 0 Å². The number of non-ortho nitro benzene ring substituents is 1. The van der Waals surface area contributed by atoms with E-state index in [0.717, 1.165) is 24.6 Å². The van der Waals surface area contributed by atoms with E-state index in [1.165, 1.54) is 0 Å². The average molecular weight is 284 g/mol. The Bertz CT molecular complexity index is 491. The maximum Gasteiger partial charge on any atom is 0.272 e. The molecule has 0 bridgehead atoms. The Morgan fingerprint density at radius 2 is 2.20 bits per heavy atom. The van der Waals surface area contributed by atoms with Crippen molar-refractivity contribution in [1.82, 2.24) is 5.32 Å². The summed E-state index contributed by atoms with van der Waals surface area (Å²) in [6, 6.07) is 3.01. The molecule has 1 aromatic carbocycles. The molecule has 7 heteroatoms. The van der Waals surface area contributed by atoms with Gasteiger partial charge in [-0.1, -0.05) is 13.8 Å². The predicted octanol–water partition coefficient (Wildman–Crippen LogP) is 2.28. The van der Waals surface area contributed by atoms with E-state index >= 15 is 0 Å². The number of benzene rings is 1. The molecule has 110 valence electrons. The molecule has 0 saturated heterocycles. The minimum atomic E-state index is -0.866. The van der Waals surface area contributed by atoms with Crippen molar-refractivity contribution in [3.63, 3.8) is 0 Å². The summed E-state index contributed by atoms with van der Waals surface area (Å²) in [7, 11) is 0. The molecule has 0 spiro atoms. The van der Waals surface area contributed by atoms with Crippen LogP contribution in [0.4, 0.5) is 10.1 Å². The fourth-order valence-electron chi connectivity index (χ4n) is 1.41. The second-order valence-electron chi connectivity index (χ2n) is 4.69. The van der Waals surface area contributed by atoms with Gasteiger partial charge in [0.2, 0.25) is 0 Å². The number of rotatable bonds is 7. The molecule has 0 aliphatic carbocycles. The lowest BCUT2D eigenvalue weighted by Gasteiger charge is -2.09. The van der Waals surface area contributed by atoms with E-state index in [1.54, 1.807) is 0 Å². The molecule has 1 amide bonds. The first-order chi connectivity index (χ1) is 9.40. The summed E-state index contributed by atoms with van der Waals surface area (Å²) in [6.07, 6.45) is 0.845. The van der Waals surface area contributed by atoms with Crippen molar-refractivity contribution in [3.8, 4) is 5.75 Å². The highest BCUT2D eigenvalue weighted by atomic mass is 19.1. The van der Waals surface area contributed by atoms with E-state index in [2.05, 4.69) is 5.32 Å². The SMILES string of the molecule is CC(C)CCNC(=O)COc1ccc([N+](=O)[O-])cc1F. The van der Waals surface area contributed by atoms with Crippen LogP contribution in [-0.2, 0) is 4.79 Å². The Kier molecular flexibility index (Phi) is 5.89. The van der Waals surface area contributed by atoms with Gasteiger partial charge in [0.1, 0.15) is 0 Å². The molecule has 0 saturated carbocycles. The molecule has 0 heterocycles. The number of carbonyl (C=O) groups is 1. The minimum absolute atomic E-state index is 0.186. The Balaban J connectivity index is 2.45. The maximum atomic E-state index is 13.5. The zero-order valence-electron chi connectivity index (χ0n) is 11.4. The molecule has 0 atom stereocenters. The second-order valence-corrected chi connectivity index (χ2v) is 4.69. The lowest BCUT2D eigenvalue weighted by molar-refractivity contribution is -0.385. The van der Waals surface area contributed by atoms with Crippen molar-refractivity contribution < 1.29 is 18.8 Å². The molecule has 0 fully saturated rings. The maximum absolute atomic E-state index is 13.5. The van der Waals surface area contributed by atoms with Gasteiger partial charge < -0.3 is 10.1 Å². The Hall–Kier alpha value is -2.18. The van der Waals surface area contributed by atoms with Crippen LogP contribution in [0.5, 0.6) is 5.75 Å². The first-order valence-electron chi connectivity index (χ1n) is 6.23. The van der Waals surface area contributed by atoms with Gasteiger partial charge in [-0.25, -0.2) is 4.39 Å². The molecule has 0 aliphatic rings. The summed E-state index contributed by atoms with van der Waals surface area (Å²) in [5, 5.41) is 13.1. The van der Waals surface area contributed by atoms with E-state index in [0.29, 0.717) is 12.5 Å². The van der Waals surface area contributed by atoms with Gasteiger partial charge in [0.25, 0.3) is 11.6 Å². The van der Waals surface area contributed by atoms with Crippen LogP contribution in [0, 0.1) is 21.8 Å². The van der Waals surface area contributed by atoms with Crippen molar-refractivity contribution in [2.24, 2.45) is 5.92 Å². The Morgan fingerprint density at radius 3 is 2.75 bits per heavy atom. The van der Waals surface area contributed by atoms with E-state index in [-0.39, 0.29) is 24.0 Å². The molecule has 1 N–H and O–H groups in total. The summed E-state index contributed by atoms with van der Waals surface area (Å²) >= 11 is 0. The molecule has 0 aliphatic heterocycles. The van der Waals surface area contributed by atoms with Crippen LogP contribution < -0.4 is 10.1 Å². The molecule has 0 aromatic heterocycles. The van der Waals surface area contributed by atoms with Crippen LogP contribution in [0.25, 0.3) is 0 Å². The van der Waals surface area contributed by atoms with Crippen molar-refractivity contribution in [1.29, 1.82) is 0 Å². The smallest absolute Gasteiger partial charge is 0.272 e. The van der Waals surface area contributed by atoms with Crippen molar-refractivity contribution in [2.75, 3.05) is 13.2 Å². The Morgan fingerprint density at radius 1 is 1.50 bits per heavy atom. The lowest BCUT2D eigenvalue weighted by Crippen LogP contribution is -2.30. The van der Waals surface area contributed by atoms with Gasteiger partial charge >= 0.3 is 0 Å². The highest BCUT2D eigenvalue weighted by Crippen LogP contribution is 2.22. The molecule has 1 aromatic rings. The van der Waals surface area contributed by atoms with Crippen LogP contribution in [-0.4, -0.2) is 24.0 Å². The molecular formula is C13H17FN2O4. The van der Waals surface area contributed by atoms with Crippen molar-refractivity contribution >= 4 is 11.6 Å². The summed E-state index contributed by atoms with van der Waals surface area (Å²) in [6.45, 7) is 4.28. The number of hydrogen-bond acceptors (Lipinski definition) is 4. The zero-order chi connectivity index (χ0) is 15.1. The summed E-state index contributed by atoms with van der Waals surface area (Å²) in [5.41, 5.74) is -0.365. The zero-order valence-corrected chi connectivity index (χ0v) is 11.4.